The van der Waals surface area contributed by atoms with E-state index in [-0.39, 0.29) is 16.4 Å². The Morgan fingerprint density at radius 3 is 2.31 bits per heavy atom. The van der Waals surface area contributed by atoms with Crippen LogP contribution in [-0.4, -0.2) is 52.3 Å². The first-order valence-electron chi connectivity index (χ1n) is 7.89. The summed E-state index contributed by atoms with van der Waals surface area (Å²) in [5, 5.41) is 2.44. The van der Waals surface area contributed by atoms with Crippen molar-refractivity contribution in [1.29, 1.82) is 0 Å². The molecule has 26 heavy (non-hydrogen) atoms. The topological polar surface area (TPSA) is 116 Å². The maximum absolute atomic E-state index is 12.1. The predicted molar refractivity (Wildman–Crippen MR) is 93.2 cm³/mol. The average molecular weight is 385 g/mol. The van der Waals surface area contributed by atoms with Gasteiger partial charge in [-0.15, -0.1) is 0 Å². The number of amides is 1. The number of hydrogen-bond acceptors (Lipinski definition) is 7. The molecule has 0 aliphatic carbocycles. The van der Waals surface area contributed by atoms with Gasteiger partial charge in [0.15, 0.2) is 16.4 Å². The van der Waals surface area contributed by atoms with Gasteiger partial charge in [0.05, 0.1) is 17.6 Å². The Morgan fingerprint density at radius 1 is 1.15 bits per heavy atom. The number of hydrogen-bond donors (Lipinski definition) is 1. The van der Waals surface area contributed by atoms with Crippen LogP contribution in [0, 0.1) is 5.92 Å². The molecule has 0 fully saturated rings. The van der Waals surface area contributed by atoms with Crippen molar-refractivity contribution >= 4 is 27.7 Å². The van der Waals surface area contributed by atoms with Crippen molar-refractivity contribution in [1.82, 2.24) is 5.32 Å². The summed E-state index contributed by atoms with van der Waals surface area (Å²) in [6, 6.07) is 4.69. The number of benzene rings is 1. The zero-order chi connectivity index (χ0) is 19.9. The second kappa shape index (κ2) is 9.33. The first-order valence-corrected chi connectivity index (χ1v) is 9.78. The molecular weight excluding hydrogens is 362 g/mol. The third kappa shape index (κ3) is 6.47. The molecular formula is C17H23NO7S. The molecule has 0 unspecified atom stereocenters. The molecule has 9 heteroatoms. The van der Waals surface area contributed by atoms with Crippen molar-refractivity contribution in [2.75, 3.05) is 20.0 Å². The highest BCUT2D eigenvalue weighted by atomic mass is 32.2. The molecule has 1 aromatic carbocycles. The number of methoxy groups -OCH3 is 1. The number of rotatable bonds is 8. The Balaban J connectivity index is 2.76. The Morgan fingerprint density at radius 2 is 1.77 bits per heavy atom. The van der Waals surface area contributed by atoms with Crippen LogP contribution in [-0.2, 0) is 28.9 Å². The lowest BCUT2D eigenvalue weighted by Crippen LogP contribution is -2.44. The molecule has 0 aliphatic rings. The van der Waals surface area contributed by atoms with Crippen LogP contribution in [0.15, 0.2) is 29.2 Å². The lowest BCUT2D eigenvalue weighted by atomic mass is 10.0. The Labute approximate surface area is 152 Å². The third-order valence-electron chi connectivity index (χ3n) is 3.37. The van der Waals surface area contributed by atoms with Crippen LogP contribution in [0.2, 0.25) is 0 Å². The summed E-state index contributed by atoms with van der Waals surface area (Å²) in [5.74, 6) is -2.10. The maximum Gasteiger partial charge on any atom is 0.339 e. The lowest BCUT2D eigenvalue weighted by Gasteiger charge is -2.18. The Bertz CT molecular complexity index is 771. The van der Waals surface area contributed by atoms with E-state index in [1.54, 1.807) is 0 Å². The summed E-state index contributed by atoms with van der Waals surface area (Å²) in [7, 11) is -2.41. The number of carbonyl (C=O) groups is 3. The van der Waals surface area contributed by atoms with Gasteiger partial charge in [-0.1, -0.05) is 26.0 Å². The summed E-state index contributed by atoms with van der Waals surface area (Å²) in [4.78, 5) is 35.6. The highest BCUT2D eigenvalue weighted by Crippen LogP contribution is 2.16. The molecule has 144 valence electrons. The third-order valence-corrected chi connectivity index (χ3v) is 4.52. The Hall–Kier alpha value is -2.42. The first kappa shape index (κ1) is 21.6. The van der Waals surface area contributed by atoms with E-state index in [2.05, 4.69) is 10.1 Å². The lowest BCUT2D eigenvalue weighted by molar-refractivity contribution is -0.145. The van der Waals surface area contributed by atoms with Crippen LogP contribution >= 0.6 is 0 Å². The van der Waals surface area contributed by atoms with Crippen molar-refractivity contribution in [3.63, 3.8) is 0 Å². The van der Waals surface area contributed by atoms with Crippen molar-refractivity contribution in [3.8, 4) is 0 Å². The zero-order valence-electron chi connectivity index (χ0n) is 15.1. The molecule has 0 aromatic heterocycles. The molecule has 0 aliphatic heterocycles. The Kier molecular flexibility index (Phi) is 7.76. The molecule has 1 aromatic rings. The minimum Gasteiger partial charge on any atom is -0.467 e. The monoisotopic (exact) mass is 385 g/mol. The predicted octanol–water partition coefficient (Wildman–Crippen LogP) is 0.951. The van der Waals surface area contributed by atoms with Gasteiger partial charge in [-0.25, -0.2) is 18.0 Å². The van der Waals surface area contributed by atoms with Gasteiger partial charge in [-0.3, -0.25) is 4.79 Å². The quantitative estimate of drug-likeness (QED) is 0.662. The summed E-state index contributed by atoms with van der Waals surface area (Å²) >= 11 is 0. The summed E-state index contributed by atoms with van der Waals surface area (Å²) < 4.78 is 32.9. The summed E-state index contributed by atoms with van der Waals surface area (Å²) in [5.41, 5.74) is -0.158. The molecule has 1 rings (SSSR count). The van der Waals surface area contributed by atoms with E-state index in [0.717, 1.165) is 6.26 Å². The van der Waals surface area contributed by atoms with Gasteiger partial charge in [0.2, 0.25) is 0 Å². The average Bonchev–Trinajstić information content (AvgIpc) is 2.57. The van der Waals surface area contributed by atoms with Gasteiger partial charge in [-0.2, -0.15) is 0 Å². The number of sulfone groups is 1. The minimum atomic E-state index is -3.63. The molecule has 0 radical (unpaired) electrons. The molecule has 8 nitrogen and oxygen atoms in total. The SMILES string of the molecule is COC(=O)[C@@H](CC(C)C)NC(=O)COC(=O)c1ccccc1S(C)(=O)=O. The van der Waals surface area contributed by atoms with Crippen molar-refractivity contribution in [2.24, 2.45) is 5.92 Å². The molecule has 0 saturated carbocycles. The maximum atomic E-state index is 12.1. The van der Waals surface area contributed by atoms with E-state index in [4.69, 9.17) is 4.74 Å². The highest BCUT2D eigenvalue weighted by Gasteiger charge is 2.24. The smallest absolute Gasteiger partial charge is 0.339 e. The number of carbonyl (C=O) groups excluding carboxylic acids is 3. The van der Waals surface area contributed by atoms with Crippen molar-refractivity contribution < 1.29 is 32.3 Å². The first-order chi connectivity index (χ1) is 12.1. The van der Waals surface area contributed by atoms with Crippen molar-refractivity contribution in [2.45, 2.75) is 31.2 Å². The normalized spacial score (nSPS) is 12.3. The zero-order valence-corrected chi connectivity index (χ0v) is 16.0. The molecule has 0 bridgehead atoms. The number of ether oxygens (including phenoxy) is 2. The fraction of sp³-hybridized carbons (Fsp3) is 0.471. The van der Waals surface area contributed by atoms with Crippen LogP contribution in [0.1, 0.15) is 30.6 Å². The van der Waals surface area contributed by atoms with Gasteiger partial charge in [0.1, 0.15) is 6.04 Å². The molecule has 1 amide bonds. The van der Waals surface area contributed by atoms with Gasteiger partial charge in [-0.05, 0) is 24.5 Å². The molecule has 0 heterocycles. The van der Waals surface area contributed by atoms with E-state index in [9.17, 15) is 22.8 Å². The van der Waals surface area contributed by atoms with Gasteiger partial charge in [0.25, 0.3) is 5.91 Å². The van der Waals surface area contributed by atoms with E-state index < -0.39 is 40.3 Å². The fourth-order valence-electron chi connectivity index (χ4n) is 2.23. The molecule has 1 atom stereocenters. The van der Waals surface area contributed by atoms with Crippen LogP contribution in [0.3, 0.4) is 0 Å². The number of nitrogens with one attached hydrogen (secondary N) is 1. The fourth-order valence-corrected chi connectivity index (χ4v) is 3.11. The summed E-state index contributed by atoms with van der Waals surface area (Å²) in [6.45, 7) is 3.11. The van der Waals surface area contributed by atoms with Crippen LogP contribution < -0.4 is 5.32 Å². The van der Waals surface area contributed by atoms with Gasteiger partial charge >= 0.3 is 11.9 Å². The highest BCUT2D eigenvalue weighted by molar-refractivity contribution is 7.90. The standard InChI is InChI=1S/C17H23NO7S/c1-11(2)9-13(17(21)24-3)18-15(19)10-25-16(20)12-7-5-6-8-14(12)26(4,22)23/h5-8,11,13H,9-10H2,1-4H3,(H,18,19)/t13-/m1/s1. The van der Waals surface area contributed by atoms with E-state index >= 15 is 0 Å². The van der Waals surface area contributed by atoms with E-state index in [1.807, 2.05) is 13.8 Å². The molecule has 0 saturated heterocycles. The van der Waals surface area contributed by atoms with Crippen LogP contribution in [0.5, 0.6) is 0 Å². The second-order valence-corrected chi connectivity index (χ2v) is 8.10. The molecule has 0 spiro atoms. The second-order valence-electron chi connectivity index (χ2n) is 6.12. The minimum absolute atomic E-state index is 0.128. The number of esters is 2. The largest absolute Gasteiger partial charge is 0.467 e. The van der Waals surface area contributed by atoms with Crippen LogP contribution in [0.25, 0.3) is 0 Å². The van der Waals surface area contributed by atoms with E-state index in [1.165, 1.54) is 31.4 Å². The van der Waals surface area contributed by atoms with Crippen LogP contribution in [0.4, 0.5) is 0 Å². The van der Waals surface area contributed by atoms with E-state index in [0.29, 0.717) is 6.42 Å². The van der Waals surface area contributed by atoms with Gasteiger partial charge < -0.3 is 14.8 Å². The van der Waals surface area contributed by atoms with Crippen molar-refractivity contribution in [3.05, 3.63) is 29.8 Å². The van der Waals surface area contributed by atoms with Gasteiger partial charge in [0, 0.05) is 6.26 Å². The summed E-state index contributed by atoms with van der Waals surface area (Å²) in [6.07, 6.45) is 1.34. The molecule has 1 N–H and O–H groups in total.